The van der Waals surface area contributed by atoms with Gasteiger partial charge in [-0.1, -0.05) is 11.6 Å². The summed E-state index contributed by atoms with van der Waals surface area (Å²) >= 11 is 5.95. The monoisotopic (exact) mass is 300 g/mol. The predicted octanol–water partition coefficient (Wildman–Crippen LogP) is 2.03. The third-order valence-electron chi connectivity index (χ3n) is 2.59. The third-order valence-corrected chi connectivity index (χ3v) is 2.88. The van der Waals surface area contributed by atoms with Crippen LogP contribution in [-0.4, -0.2) is 29.7 Å². The molecule has 5 nitrogen and oxygen atoms in total. The van der Waals surface area contributed by atoms with Gasteiger partial charge in [0.05, 0.1) is 36.1 Å². The number of aromatic nitrogens is 2. The van der Waals surface area contributed by atoms with E-state index in [1.54, 1.807) is 0 Å². The molecule has 1 heterocycles. The first-order valence-corrected chi connectivity index (χ1v) is 6.00. The Kier molecular flexibility index (Phi) is 6.05. The zero-order valence-corrected chi connectivity index (χ0v) is 11.1. The Morgan fingerprint density at radius 2 is 2.26 bits per heavy atom. The van der Waals surface area contributed by atoms with Gasteiger partial charge in [0.1, 0.15) is 0 Å². The van der Waals surface area contributed by atoms with Crippen molar-refractivity contribution in [2.75, 3.05) is 13.7 Å². The Hall–Kier alpha value is -0.830. The summed E-state index contributed by atoms with van der Waals surface area (Å²) in [5.74, 6) is 5.31. The Morgan fingerprint density at radius 3 is 2.79 bits per heavy atom. The molecule has 1 aromatic rings. The van der Waals surface area contributed by atoms with Crippen LogP contribution < -0.4 is 11.3 Å². The highest BCUT2D eigenvalue weighted by Crippen LogP contribution is 2.30. The highest BCUT2D eigenvalue weighted by molar-refractivity contribution is 6.31. The second-order valence-corrected chi connectivity index (χ2v) is 4.37. The lowest BCUT2D eigenvalue weighted by Gasteiger charge is -2.19. The molecule has 0 fully saturated rings. The number of hydrazine groups is 1. The molecule has 0 amide bonds. The highest BCUT2D eigenvalue weighted by Gasteiger charge is 2.30. The first kappa shape index (κ1) is 16.2. The Morgan fingerprint density at radius 1 is 1.58 bits per heavy atom. The molecular weight excluding hydrogens is 285 g/mol. The largest absolute Gasteiger partial charge is 0.389 e. The predicted molar refractivity (Wildman–Crippen MR) is 64.5 cm³/mol. The molecule has 1 rings (SSSR count). The summed E-state index contributed by atoms with van der Waals surface area (Å²) in [5.41, 5.74) is 2.78. The van der Waals surface area contributed by atoms with Crippen LogP contribution in [-0.2, 0) is 11.3 Å². The Bertz CT molecular complexity index is 397. The molecule has 0 bridgehead atoms. The zero-order valence-electron chi connectivity index (χ0n) is 10.4. The summed E-state index contributed by atoms with van der Waals surface area (Å²) < 4.78 is 43.2. The zero-order chi connectivity index (χ0) is 14.5. The van der Waals surface area contributed by atoms with E-state index in [1.807, 2.05) is 0 Å². The maximum atomic E-state index is 12.3. The van der Waals surface area contributed by atoms with Gasteiger partial charge in [-0.05, 0) is 6.42 Å². The van der Waals surface area contributed by atoms with Crippen molar-refractivity contribution in [3.8, 4) is 0 Å². The summed E-state index contributed by atoms with van der Waals surface area (Å²) in [5, 5.41) is 4.27. The molecule has 0 saturated carbocycles. The molecule has 3 N–H and O–H groups in total. The molecule has 0 aliphatic carbocycles. The highest BCUT2D eigenvalue weighted by atomic mass is 35.5. The Balaban J connectivity index is 2.81. The second kappa shape index (κ2) is 7.09. The number of rotatable bonds is 7. The standard InChI is InChI=1S/C10H16ClF3N4O/c1-19-5-4-18-9(7(11)6-16-18)8(17-15)2-3-10(12,13)14/h6,8,17H,2-5,15H2,1H3. The van der Waals surface area contributed by atoms with E-state index in [4.69, 9.17) is 22.2 Å². The smallest absolute Gasteiger partial charge is 0.383 e. The van der Waals surface area contributed by atoms with Crippen LogP contribution in [0.5, 0.6) is 0 Å². The number of methoxy groups -OCH3 is 1. The van der Waals surface area contributed by atoms with Crippen molar-refractivity contribution in [2.24, 2.45) is 5.84 Å². The maximum Gasteiger partial charge on any atom is 0.389 e. The van der Waals surface area contributed by atoms with E-state index >= 15 is 0 Å². The number of ether oxygens (including phenoxy) is 1. The van der Waals surface area contributed by atoms with Gasteiger partial charge in [0.25, 0.3) is 0 Å². The molecule has 1 atom stereocenters. The van der Waals surface area contributed by atoms with Gasteiger partial charge in [0.15, 0.2) is 0 Å². The molecule has 0 aromatic carbocycles. The lowest BCUT2D eigenvalue weighted by Crippen LogP contribution is -2.31. The van der Waals surface area contributed by atoms with Gasteiger partial charge in [-0.2, -0.15) is 18.3 Å². The van der Waals surface area contributed by atoms with Crippen molar-refractivity contribution in [1.82, 2.24) is 15.2 Å². The van der Waals surface area contributed by atoms with Crippen LogP contribution in [0.1, 0.15) is 24.6 Å². The maximum absolute atomic E-state index is 12.3. The molecule has 0 saturated heterocycles. The molecule has 0 aliphatic rings. The van der Waals surface area contributed by atoms with E-state index in [9.17, 15) is 13.2 Å². The fourth-order valence-corrected chi connectivity index (χ4v) is 1.95. The molecule has 1 unspecified atom stereocenters. The number of hydrogen-bond acceptors (Lipinski definition) is 4. The number of nitrogens with zero attached hydrogens (tertiary/aromatic N) is 2. The van der Waals surface area contributed by atoms with Gasteiger partial charge in [-0.15, -0.1) is 0 Å². The van der Waals surface area contributed by atoms with E-state index in [0.717, 1.165) is 0 Å². The van der Waals surface area contributed by atoms with Crippen molar-refractivity contribution >= 4 is 11.6 Å². The summed E-state index contributed by atoms with van der Waals surface area (Å²) in [4.78, 5) is 0. The first-order chi connectivity index (χ1) is 8.89. The minimum absolute atomic E-state index is 0.210. The van der Waals surface area contributed by atoms with E-state index in [1.165, 1.54) is 18.0 Å². The van der Waals surface area contributed by atoms with Crippen molar-refractivity contribution in [3.05, 3.63) is 16.9 Å². The normalized spacial score (nSPS) is 13.8. The average molecular weight is 301 g/mol. The van der Waals surface area contributed by atoms with Crippen LogP contribution >= 0.6 is 11.6 Å². The van der Waals surface area contributed by atoms with Gasteiger partial charge >= 0.3 is 6.18 Å². The minimum atomic E-state index is -4.24. The summed E-state index contributed by atoms with van der Waals surface area (Å²) in [6, 6.07) is -0.714. The van der Waals surface area contributed by atoms with Crippen molar-refractivity contribution in [2.45, 2.75) is 31.6 Å². The van der Waals surface area contributed by atoms with Gasteiger partial charge in [0, 0.05) is 13.5 Å². The lowest BCUT2D eigenvalue weighted by atomic mass is 10.1. The van der Waals surface area contributed by atoms with Gasteiger partial charge in [-0.3, -0.25) is 16.0 Å². The van der Waals surface area contributed by atoms with E-state index < -0.39 is 18.6 Å². The van der Waals surface area contributed by atoms with Crippen LogP contribution in [0, 0.1) is 0 Å². The number of hydrogen-bond donors (Lipinski definition) is 2. The van der Waals surface area contributed by atoms with Gasteiger partial charge < -0.3 is 4.74 Å². The fourth-order valence-electron chi connectivity index (χ4n) is 1.68. The van der Waals surface area contributed by atoms with Crippen LogP contribution in [0.2, 0.25) is 5.02 Å². The molecular formula is C10H16ClF3N4O. The van der Waals surface area contributed by atoms with Gasteiger partial charge in [-0.25, -0.2) is 0 Å². The molecule has 1 aromatic heterocycles. The molecule has 0 radical (unpaired) electrons. The quantitative estimate of drug-likeness (QED) is 0.597. The first-order valence-electron chi connectivity index (χ1n) is 5.62. The summed E-state index contributed by atoms with van der Waals surface area (Å²) in [7, 11) is 1.52. The Labute approximate surface area is 113 Å². The molecule has 0 spiro atoms. The number of alkyl halides is 3. The van der Waals surface area contributed by atoms with Crippen LogP contribution in [0.3, 0.4) is 0 Å². The van der Waals surface area contributed by atoms with E-state index in [-0.39, 0.29) is 11.4 Å². The van der Waals surface area contributed by atoms with Crippen molar-refractivity contribution in [1.29, 1.82) is 0 Å². The van der Waals surface area contributed by atoms with Crippen molar-refractivity contribution < 1.29 is 17.9 Å². The average Bonchev–Trinajstić information content (AvgIpc) is 2.68. The summed E-state index contributed by atoms with van der Waals surface area (Å²) in [6.45, 7) is 0.768. The topological polar surface area (TPSA) is 65.1 Å². The van der Waals surface area contributed by atoms with E-state index in [2.05, 4.69) is 10.5 Å². The summed E-state index contributed by atoms with van der Waals surface area (Å²) in [6.07, 6.45) is -4.02. The van der Waals surface area contributed by atoms with E-state index in [0.29, 0.717) is 18.8 Å². The fraction of sp³-hybridized carbons (Fsp3) is 0.700. The van der Waals surface area contributed by atoms with Crippen LogP contribution in [0.25, 0.3) is 0 Å². The molecule has 0 aliphatic heterocycles. The molecule has 19 heavy (non-hydrogen) atoms. The lowest BCUT2D eigenvalue weighted by molar-refractivity contribution is -0.136. The third kappa shape index (κ3) is 4.98. The molecule has 9 heteroatoms. The minimum Gasteiger partial charge on any atom is -0.383 e. The van der Waals surface area contributed by atoms with Crippen LogP contribution in [0.4, 0.5) is 13.2 Å². The number of nitrogens with one attached hydrogen (secondary N) is 1. The number of nitrogens with two attached hydrogens (primary N) is 1. The molecule has 110 valence electrons. The van der Waals surface area contributed by atoms with Crippen LogP contribution in [0.15, 0.2) is 6.20 Å². The van der Waals surface area contributed by atoms with Gasteiger partial charge in [0.2, 0.25) is 0 Å². The number of halogens is 4. The SMILES string of the molecule is COCCn1ncc(Cl)c1C(CCC(F)(F)F)NN. The second-order valence-electron chi connectivity index (χ2n) is 3.97. The van der Waals surface area contributed by atoms with Crippen molar-refractivity contribution in [3.63, 3.8) is 0 Å².